The Kier molecular flexibility index (Phi) is 4.11. The van der Waals surface area contributed by atoms with Crippen LogP contribution in [0.1, 0.15) is 29.9 Å². The highest BCUT2D eigenvalue weighted by atomic mass is 16.5. The van der Waals surface area contributed by atoms with E-state index in [2.05, 4.69) is 9.72 Å². The van der Waals surface area contributed by atoms with Gasteiger partial charge in [-0.1, -0.05) is 13.8 Å². The van der Waals surface area contributed by atoms with E-state index in [-0.39, 0.29) is 5.97 Å². The van der Waals surface area contributed by atoms with E-state index in [1.807, 2.05) is 39.0 Å². The monoisotopic (exact) mass is 219 g/mol. The van der Waals surface area contributed by atoms with Crippen molar-refractivity contribution in [3.8, 4) is 0 Å². The van der Waals surface area contributed by atoms with E-state index < -0.39 is 0 Å². The summed E-state index contributed by atoms with van der Waals surface area (Å²) in [7, 11) is 1.38. The Morgan fingerprint density at radius 2 is 1.94 bits per heavy atom. The standard InChI is InChI=1S/C11H11NO2.C2H6/c1-7-5-9-6-8(11(13)14-2)3-4-10(9)12-7;1-2/h3-6,12H,1-2H3;1-2H3. The van der Waals surface area contributed by atoms with Crippen molar-refractivity contribution in [3.63, 3.8) is 0 Å². The van der Waals surface area contributed by atoms with Crippen LogP contribution in [0.3, 0.4) is 0 Å². The molecule has 0 fully saturated rings. The van der Waals surface area contributed by atoms with Crippen LogP contribution in [0.5, 0.6) is 0 Å². The summed E-state index contributed by atoms with van der Waals surface area (Å²) in [6.07, 6.45) is 0. The van der Waals surface area contributed by atoms with E-state index in [1.165, 1.54) is 7.11 Å². The summed E-state index contributed by atoms with van der Waals surface area (Å²) in [5, 5.41) is 1.03. The topological polar surface area (TPSA) is 42.1 Å². The molecular formula is C13H17NO2. The summed E-state index contributed by atoms with van der Waals surface area (Å²) < 4.78 is 4.64. The SMILES string of the molecule is CC.COC(=O)c1ccc2[nH]c(C)cc2c1. The Hall–Kier alpha value is -1.77. The number of methoxy groups -OCH3 is 1. The van der Waals surface area contributed by atoms with Crippen LogP contribution in [0, 0.1) is 6.92 Å². The number of H-pyrrole nitrogens is 1. The molecule has 0 aliphatic carbocycles. The van der Waals surface area contributed by atoms with Crippen LogP contribution in [0.15, 0.2) is 24.3 Å². The van der Waals surface area contributed by atoms with Crippen molar-refractivity contribution in [2.75, 3.05) is 7.11 Å². The summed E-state index contributed by atoms with van der Waals surface area (Å²) in [5.74, 6) is -0.300. The summed E-state index contributed by atoms with van der Waals surface area (Å²) in [4.78, 5) is 14.4. The minimum absolute atomic E-state index is 0.300. The first kappa shape index (κ1) is 12.3. The second-order valence-electron chi connectivity index (χ2n) is 3.25. The van der Waals surface area contributed by atoms with Gasteiger partial charge in [-0.3, -0.25) is 0 Å². The lowest BCUT2D eigenvalue weighted by molar-refractivity contribution is 0.0601. The number of hydrogen-bond donors (Lipinski definition) is 1. The molecule has 0 unspecified atom stereocenters. The molecule has 0 aliphatic rings. The number of ether oxygens (including phenoxy) is 1. The zero-order valence-corrected chi connectivity index (χ0v) is 10.1. The summed E-state index contributed by atoms with van der Waals surface area (Å²) in [6, 6.07) is 7.46. The largest absolute Gasteiger partial charge is 0.465 e. The van der Waals surface area contributed by atoms with Crippen LogP contribution in [0.2, 0.25) is 0 Å². The number of hydrogen-bond acceptors (Lipinski definition) is 2. The van der Waals surface area contributed by atoms with Crippen molar-refractivity contribution in [1.82, 2.24) is 4.98 Å². The van der Waals surface area contributed by atoms with E-state index in [9.17, 15) is 4.79 Å². The number of aromatic amines is 1. The molecule has 0 aliphatic heterocycles. The van der Waals surface area contributed by atoms with Gasteiger partial charge in [0.2, 0.25) is 0 Å². The predicted molar refractivity (Wildman–Crippen MR) is 65.7 cm³/mol. The molecule has 1 aromatic carbocycles. The highest BCUT2D eigenvalue weighted by Gasteiger charge is 2.06. The summed E-state index contributed by atoms with van der Waals surface area (Å²) >= 11 is 0. The number of esters is 1. The van der Waals surface area contributed by atoms with E-state index >= 15 is 0 Å². The molecule has 0 spiro atoms. The van der Waals surface area contributed by atoms with Gasteiger partial charge >= 0.3 is 5.97 Å². The average molecular weight is 219 g/mol. The first-order chi connectivity index (χ1) is 7.70. The third-order valence-corrected chi connectivity index (χ3v) is 2.18. The van der Waals surface area contributed by atoms with Crippen molar-refractivity contribution >= 4 is 16.9 Å². The van der Waals surface area contributed by atoms with Gasteiger partial charge in [0.15, 0.2) is 0 Å². The van der Waals surface area contributed by atoms with Crippen LogP contribution >= 0.6 is 0 Å². The van der Waals surface area contributed by atoms with Gasteiger partial charge in [-0.05, 0) is 31.2 Å². The molecule has 1 N–H and O–H groups in total. The highest BCUT2D eigenvalue weighted by Crippen LogP contribution is 2.17. The number of nitrogens with one attached hydrogen (secondary N) is 1. The fraction of sp³-hybridized carbons (Fsp3) is 0.308. The molecule has 2 rings (SSSR count). The Balaban J connectivity index is 0.000000606. The second kappa shape index (κ2) is 5.35. The van der Waals surface area contributed by atoms with Crippen molar-refractivity contribution < 1.29 is 9.53 Å². The number of rotatable bonds is 1. The second-order valence-corrected chi connectivity index (χ2v) is 3.25. The fourth-order valence-corrected chi connectivity index (χ4v) is 1.52. The highest BCUT2D eigenvalue weighted by molar-refractivity contribution is 5.94. The zero-order chi connectivity index (χ0) is 12.1. The Bertz CT molecular complexity index is 486. The molecule has 0 atom stereocenters. The van der Waals surface area contributed by atoms with E-state index in [0.717, 1.165) is 16.6 Å². The van der Waals surface area contributed by atoms with Crippen molar-refractivity contribution in [1.29, 1.82) is 0 Å². The quantitative estimate of drug-likeness (QED) is 0.748. The molecule has 86 valence electrons. The van der Waals surface area contributed by atoms with Gasteiger partial charge in [-0.15, -0.1) is 0 Å². The van der Waals surface area contributed by atoms with Gasteiger partial charge in [0.05, 0.1) is 12.7 Å². The summed E-state index contributed by atoms with van der Waals surface area (Å²) in [6.45, 7) is 5.98. The van der Waals surface area contributed by atoms with Crippen LogP contribution in [0.4, 0.5) is 0 Å². The fourth-order valence-electron chi connectivity index (χ4n) is 1.52. The number of aryl methyl sites for hydroxylation is 1. The van der Waals surface area contributed by atoms with Gasteiger partial charge in [0, 0.05) is 16.6 Å². The Morgan fingerprint density at radius 3 is 2.56 bits per heavy atom. The van der Waals surface area contributed by atoms with Gasteiger partial charge < -0.3 is 9.72 Å². The minimum atomic E-state index is -0.300. The molecule has 2 aromatic rings. The van der Waals surface area contributed by atoms with Crippen molar-refractivity contribution in [2.24, 2.45) is 0 Å². The minimum Gasteiger partial charge on any atom is -0.465 e. The van der Waals surface area contributed by atoms with Gasteiger partial charge in [0.25, 0.3) is 0 Å². The molecule has 3 heteroatoms. The number of benzene rings is 1. The summed E-state index contributed by atoms with van der Waals surface area (Å²) in [5.41, 5.74) is 2.70. The molecule has 1 heterocycles. The normalized spacial score (nSPS) is 9.50. The van der Waals surface area contributed by atoms with Crippen LogP contribution in [0.25, 0.3) is 10.9 Å². The van der Waals surface area contributed by atoms with Crippen LogP contribution in [-0.4, -0.2) is 18.1 Å². The molecule has 0 radical (unpaired) electrons. The third-order valence-electron chi connectivity index (χ3n) is 2.18. The number of aromatic nitrogens is 1. The van der Waals surface area contributed by atoms with Crippen LogP contribution in [-0.2, 0) is 4.74 Å². The molecule has 16 heavy (non-hydrogen) atoms. The molecule has 3 nitrogen and oxygen atoms in total. The number of carbonyl (C=O) groups excluding carboxylic acids is 1. The smallest absolute Gasteiger partial charge is 0.337 e. The first-order valence-electron chi connectivity index (χ1n) is 5.38. The van der Waals surface area contributed by atoms with Gasteiger partial charge in [0.1, 0.15) is 0 Å². The lowest BCUT2D eigenvalue weighted by Gasteiger charge is -1.98. The molecule has 1 aromatic heterocycles. The average Bonchev–Trinajstić information content (AvgIpc) is 2.69. The lowest BCUT2D eigenvalue weighted by atomic mass is 10.1. The molecule has 0 saturated heterocycles. The lowest BCUT2D eigenvalue weighted by Crippen LogP contribution is -2.00. The molecule has 0 amide bonds. The van der Waals surface area contributed by atoms with Crippen LogP contribution < -0.4 is 0 Å². The van der Waals surface area contributed by atoms with E-state index in [1.54, 1.807) is 6.07 Å². The van der Waals surface area contributed by atoms with Crippen molar-refractivity contribution in [2.45, 2.75) is 20.8 Å². The number of carbonyl (C=O) groups is 1. The maximum atomic E-state index is 11.2. The first-order valence-corrected chi connectivity index (χ1v) is 5.38. The van der Waals surface area contributed by atoms with Gasteiger partial charge in [-0.25, -0.2) is 4.79 Å². The zero-order valence-electron chi connectivity index (χ0n) is 10.1. The molecule has 0 bridgehead atoms. The van der Waals surface area contributed by atoms with Crippen molar-refractivity contribution in [3.05, 3.63) is 35.5 Å². The van der Waals surface area contributed by atoms with E-state index in [0.29, 0.717) is 5.56 Å². The maximum Gasteiger partial charge on any atom is 0.337 e. The predicted octanol–water partition coefficient (Wildman–Crippen LogP) is 3.29. The molecule has 0 saturated carbocycles. The maximum absolute atomic E-state index is 11.2. The third kappa shape index (κ3) is 2.42. The number of fused-ring (bicyclic) bond motifs is 1. The Morgan fingerprint density at radius 1 is 1.25 bits per heavy atom. The van der Waals surface area contributed by atoms with E-state index in [4.69, 9.17) is 0 Å². The van der Waals surface area contributed by atoms with Gasteiger partial charge in [-0.2, -0.15) is 0 Å². The molecular weight excluding hydrogens is 202 g/mol. The Labute approximate surface area is 95.4 Å².